The number of halogens is 2. The Morgan fingerprint density at radius 2 is 1.48 bits per heavy atom. The van der Waals surface area contributed by atoms with E-state index in [1.807, 2.05) is 6.07 Å². The average molecular weight is 450 g/mol. The molecule has 3 aromatic carbocycles. The van der Waals surface area contributed by atoms with Crippen LogP contribution < -0.4 is 21.7 Å². The molecule has 9 heteroatoms. The molecule has 2 N–H and O–H groups in total. The van der Waals surface area contributed by atoms with E-state index >= 15 is 0 Å². The second-order valence-electron chi connectivity index (χ2n) is 7.29. The Bertz CT molecular complexity index is 1350. The van der Waals surface area contributed by atoms with Crippen LogP contribution in [0.2, 0.25) is 0 Å². The van der Waals surface area contributed by atoms with E-state index in [0.717, 1.165) is 21.4 Å². The first kappa shape index (κ1) is 22.1. The highest BCUT2D eigenvalue weighted by atomic mass is 19.1. The lowest BCUT2D eigenvalue weighted by Gasteiger charge is -2.16. The number of rotatable bonds is 7. The van der Waals surface area contributed by atoms with Gasteiger partial charge in [0.05, 0.1) is 13.1 Å². The van der Waals surface area contributed by atoms with Gasteiger partial charge in [-0.1, -0.05) is 54.6 Å². The van der Waals surface area contributed by atoms with Crippen molar-refractivity contribution in [2.45, 2.75) is 19.1 Å². The zero-order valence-corrected chi connectivity index (χ0v) is 17.4. The fraction of sp³-hybridized carbons (Fsp3) is 0.125. The lowest BCUT2D eigenvalue weighted by atomic mass is 10.1. The molecule has 4 aromatic rings. The van der Waals surface area contributed by atoms with Gasteiger partial charge in [0, 0.05) is 11.6 Å². The van der Waals surface area contributed by atoms with Crippen LogP contribution >= 0.6 is 0 Å². The molecular weight excluding hydrogens is 430 g/mol. The van der Waals surface area contributed by atoms with Crippen LogP contribution in [0.4, 0.5) is 8.78 Å². The normalized spacial score (nSPS) is 11.8. The molecule has 0 aliphatic carbocycles. The lowest BCUT2D eigenvalue weighted by molar-refractivity contribution is 0.387. The highest BCUT2D eigenvalue weighted by Crippen LogP contribution is 2.17. The fourth-order valence-corrected chi connectivity index (χ4v) is 3.30. The zero-order valence-electron chi connectivity index (χ0n) is 17.4. The minimum atomic E-state index is -0.866. The van der Waals surface area contributed by atoms with Gasteiger partial charge in [-0.2, -0.15) is 0 Å². The molecule has 0 radical (unpaired) electrons. The van der Waals surface area contributed by atoms with Crippen LogP contribution in [0.5, 0.6) is 11.6 Å². The van der Waals surface area contributed by atoms with E-state index in [2.05, 4.69) is 5.10 Å². The van der Waals surface area contributed by atoms with Crippen LogP contribution in [0.15, 0.2) is 88.5 Å². The highest BCUT2D eigenvalue weighted by molar-refractivity contribution is 5.26. The third-order valence-electron chi connectivity index (χ3n) is 5.03. The van der Waals surface area contributed by atoms with Crippen LogP contribution in [0.3, 0.4) is 0 Å². The van der Waals surface area contributed by atoms with Crippen molar-refractivity contribution >= 4 is 0 Å². The van der Waals surface area contributed by atoms with Gasteiger partial charge >= 0.3 is 17.1 Å². The third kappa shape index (κ3) is 4.88. The quantitative estimate of drug-likeness (QED) is 0.467. The van der Waals surface area contributed by atoms with Gasteiger partial charge in [0.2, 0.25) is 0 Å². The van der Waals surface area contributed by atoms with Gasteiger partial charge in [-0.05, 0) is 29.8 Å². The second-order valence-corrected chi connectivity index (χ2v) is 7.29. The van der Waals surface area contributed by atoms with E-state index in [1.165, 1.54) is 6.07 Å². The van der Waals surface area contributed by atoms with Gasteiger partial charge in [-0.25, -0.2) is 18.3 Å². The predicted octanol–water partition coefficient (Wildman–Crippen LogP) is 3.22. The number of hydrogen-bond donors (Lipinski definition) is 1. The van der Waals surface area contributed by atoms with Gasteiger partial charge in [0.25, 0.3) is 0 Å². The Balaban J connectivity index is 1.80. The van der Waals surface area contributed by atoms with Crippen molar-refractivity contribution in [2.24, 2.45) is 5.73 Å². The Morgan fingerprint density at radius 1 is 0.879 bits per heavy atom. The first-order chi connectivity index (χ1) is 15.9. The topological polar surface area (TPSA) is 92.1 Å². The number of aromatic nitrogens is 3. The van der Waals surface area contributed by atoms with Crippen molar-refractivity contribution in [3.05, 3.63) is 122 Å². The Kier molecular flexibility index (Phi) is 6.41. The lowest BCUT2D eigenvalue weighted by Crippen LogP contribution is -2.44. The SMILES string of the molecule is N[C@@H](Cn1c(=O)c(Oc2ccccc2)nn(Cc2c(F)cccc2F)c1=O)c1ccccc1. The van der Waals surface area contributed by atoms with Gasteiger partial charge < -0.3 is 10.5 Å². The van der Waals surface area contributed by atoms with Gasteiger partial charge in [0.15, 0.2) is 0 Å². The number of hydrogen-bond acceptors (Lipinski definition) is 5. The maximum absolute atomic E-state index is 14.2. The molecule has 1 heterocycles. The van der Waals surface area contributed by atoms with Gasteiger partial charge in [-0.3, -0.25) is 9.36 Å². The highest BCUT2D eigenvalue weighted by Gasteiger charge is 2.20. The summed E-state index contributed by atoms with van der Waals surface area (Å²) >= 11 is 0. The summed E-state index contributed by atoms with van der Waals surface area (Å²) in [5.41, 5.74) is 4.90. The molecule has 0 aliphatic heterocycles. The molecule has 33 heavy (non-hydrogen) atoms. The first-order valence-electron chi connectivity index (χ1n) is 10.1. The molecule has 0 saturated heterocycles. The Hall–Kier alpha value is -4.11. The summed E-state index contributed by atoms with van der Waals surface area (Å²) in [6.45, 7) is -0.724. The minimum Gasteiger partial charge on any atom is -0.434 e. The number of nitrogens with zero attached hydrogens (tertiary/aromatic N) is 3. The number of ether oxygens (including phenoxy) is 1. The van der Waals surface area contributed by atoms with E-state index in [1.54, 1.807) is 54.6 Å². The van der Waals surface area contributed by atoms with E-state index in [0.29, 0.717) is 11.3 Å². The molecule has 0 spiro atoms. The summed E-state index contributed by atoms with van der Waals surface area (Å²) in [6, 6.07) is 20.0. The van der Waals surface area contributed by atoms with Crippen LogP contribution in [-0.2, 0) is 13.1 Å². The molecular formula is C24H20F2N4O3. The summed E-state index contributed by atoms with van der Waals surface area (Å²) in [6.07, 6.45) is 0. The van der Waals surface area contributed by atoms with Gasteiger partial charge in [-0.15, -0.1) is 5.10 Å². The molecule has 0 bridgehead atoms. The molecule has 0 unspecified atom stereocenters. The maximum atomic E-state index is 14.2. The largest absolute Gasteiger partial charge is 0.434 e. The van der Waals surface area contributed by atoms with E-state index < -0.39 is 41.4 Å². The summed E-state index contributed by atoms with van der Waals surface area (Å²) < 4.78 is 35.7. The molecule has 1 atom stereocenters. The van der Waals surface area contributed by atoms with Crippen molar-refractivity contribution in [3.63, 3.8) is 0 Å². The van der Waals surface area contributed by atoms with Crippen molar-refractivity contribution in [1.29, 1.82) is 0 Å². The summed E-state index contributed by atoms with van der Waals surface area (Å²) in [5.74, 6) is -1.79. The van der Waals surface area contributed by atoms with Crippen molar-refractivity contribution in [1.82, 2.24) is 14.3 Å². The van der Waals surface area contributed by atoms with Crippen molar-refractivity contribution in [3.8, 4) is 11.6 Å². The standard InChI is InChI=1S/C24H20F2N4O3/c25-19-12-7-13-20(26)18(19)14-30-24(32)29(15-21(27)16-8-3-1-4-9-16)23(31)22(28-30)33-17-10-5-2-6-11-17/h1-13,21H,14-15,27H2/t21-/m0/s1. The fourth-order valence-electron chi connectivity index (χ4n) is 3.30. The van der Waals surface area contributed by atoms with E-state index in [-0.39, 0.29) is 12.1 Å². The van der Waals surface area contributed by atoms with Crippen LogP contribution in [0, 0.1) is 11.6 Å². The van der Waals surface area contributed by atoms with Crippen molar-refractivity contribution in [2.75, 3.05) is 0 Å². The molecule has 7 nitrogen and oxygen atoms in total. The van der Waals surface area contributed by atoms with Crippen LogP contribution in [-0.4, -0.2) is 14.3 Å². The summed E-state index contributed by atoms with van der Waals surface area (Å²) in [7, 11) is 0. The van der Waals surface area contributed by atoms with Crippen LogP contribution in [0.1, 0.15) is 17.2 Å². The summed E-state index contributed by atoms with van der Waals surface area (Å²) in [5, 5.41) is 3.96. The third-order valence-corrected chi connectivity index (χ3v) is 5.03. The minimum absolute atomic E-state index is 0.185. The smallest absolute Gasteiger partial charge is 0.348 e. The predicted molar refractivity (Wildman–Crippen MR) is 118 cm³/mol. The zero-order chi connectivity index (χ0) is 23.4. The van der Waals surface area contributed by atoms with E-state index in [4.69, 9.17) is 10.5 Å². The Labute approximate surface area is 187 Å². The average Bonchev–Trinajstić information content (AvgIpc) is 2.83. The van der Waals surface area contributed by atoms with Crippen molar-refractivity contribution < 1.29 is 13.5 Å². The maximum Gasteiger partial charge on any atom is 0.348 e. The molecule has 0 fully saturated rings. The number of benzene rings is 3. The molecule has 4 rings (SSSR count). The second kappa shape index (κ2) is 9.58. The molecule has 1 aromatic heterocycles. The monoisotopic (exact) mass is 450 g/mol. The van der Waals surface area contributed by atoms with Gasteiger partial charge in [0.1, 0.15) is 17.4 Å². The van der Waals surface area contributed by atoms with Crippen LogP contribution in [0.25, 0.3) is 0 Å². The molecule has 0 saturated carbocycles. The molecule has 168 valence electrons. The molecule has 0 amide bonds. The number of nitrogens with two attached hydrogens (primary N) is 1. The number of para-hydroxylation sites is 1. The summed E-state index contributed by atoms with van der Waals surface area (Å²) in [4.78, 5) is 26.2. The first-order valence-corrected chi connectivity index (χ1v) is 10.1. The molecule has 0 aliphatic rings. The Morgan fingerprint density at radius 3 is 2.12 bits per heavy atom. The van der Waals surface area contributed by atoms with E-state index in [9.17, 15) is 18.4 Å².